The predicted octanol–water partition coefficient (Wildman–Crippen LogP) is 5.37. The Labute approximate surface area is 181 Å². The van der Waals surface area contributed by atoms with Gasteiger partial charge >= 0.3 is 0 Å². The lowest BCUT2D eigenvalue weighted by Crippen LogP contribution is -2.23. The van der Waals surface area contributed by atoms with Crippen LogP contribution >= 0.6 is 27.7 Å². The summed E-state index contributed by atoms with van der Waals surface area (Å²) in [6.07, 6.45) is 3.11. The van der Waals surface area contributed by atoms with Crippen molar-refractivity contribution in [2.24, 2.45) is 0 Å². The number of rotatable bonds is 5. The number of hydrogen-bond donors (Lipinski definition) is 1. The summed E-state index contributed by atoms with van der Waals surface area (Å²) < 4.78 is 0.997. The minimum Gasteiger partial charge on any atom is -0.322 e. The van der Waals surface area contributed by atoms with Crippen LogP contribution in [0.1, 0.15) is 23.2 Å². The Balaban J connectivity index is 1.53. The highest BCUT2D eigenvalue weighted by Gasteiger charge is 2.22. The maximum absolute atomic E-state index is 12.9. The van der Waals surface area contributed by atoms with Gasteiger partial charge in [-0.1, -0.05) is 33.8 Å². The highest BCUT2D eigenvalue weighted by atomic mass is 79.9. The van der Waals surface area contributed by atoms with Crippen LogP contribution in [0.15, 0.2) is 81.3 Å². The molecule has 29 heavy (non-hydrogen) atoms. The Kier molecular flexibility index (Phi) is 5.97. The molecule has 1 aliphatic rings. The number of nitrogens with zero attached hydrogens (tertiary/aromatic N) is 2. The summed E-state index contributed by atoms with van der Waals surface area (Å²) in [6, 6.07) is 18.8. The number of hydrogen-bond acceptors (Lipinski definition) is 4. The fourth-order valence-electron chi connectivity index (χ4n) is 3.13. The van der Waals surface area contributed by atoms with E-state index in [0.717, 1.165) is 21.5 Å². The van der Waals surface area contributed by atoms with Crippen LogP contribution in [0.2, 0.25) is 0 Å². The normalized spacial score (nSPS) is 13.6. The molecule has 2 heterocycles. The van der Waals surface area contributed by atoms with E-state index in [-0.39, 0.29) is 11.8 Å². The molecule has 0 atom stereocenters. The van der Waals surface area contributed by atoms with Crippen LogP contribution in [-0.4, -0.2) is 23.3 Å². The van der Waals surface area contributed by atoms with Crippen molar-refractivity contribution in [3.8, 4) is 0 Å². The van der Waals surface area contributed by atoms with Crippen molar-refractivity contribution in [3.63, 3.8) is 0 Å². The Bertz CT molecular complexity index is 1060. The number of aromatic nitrogens is 1. The first-order valence-electron chi connectivity index (χ1n) is 9.20. The van der Waals surface area contributed by atoms with E-state index >= 15 is 0 Å². The summed E-state index contributed by atoms with van der Waals surface area (Å²) >= 11 is 4.87. The Morgan fingerprint density at radius 2 is 1.93 bits per heavy atom. The number of halogens is 1. The minimum absolute atomic E-state index is 0.119. The summed E-state index contributed by atoms with van der Waals surface area (Å²) in [6.45, 7) is 0.715. The van der Waals surface area contributed by atoms with Gasteiger partial charge in [-0.25, -0.2) is 4.98 Å². The smallest absolute Gasteiger partial charge is 0.258 e. The van der Waals surface area contributed by atoms with Crippen LogP contribution in [0.4, 0.5) is 11.4 Å². The molecule has 4 rings (SSSR count). The minimum atomic E-state index is -0.234. The summed E-state index contributed by atoms with van der Waals surface area (Å²) in [5.41, 5.74) is 1.96. The monoisotopic (exact) mass is 467 g/mol. The second kappa shape index (κ2) is 8.80. The van der Waals surface area contributed by atoms with E-state index in [9.17, 15) is 9.59 Å². The molecule has 0 unspecified atom stereocenters. The highest BCUT2D eigenvalue weighted by molar-refractivity contribution is 9.10. The van der Waals surface area contributed by atoms with Crippen LogP contribution in [-0.2, 0) is 4.79 Å². The molecule has 7 heteroatoms. The van der Waals surface area contributed by atoms with E-state index in [1.54, 1.807) is 23.2 Å². The van der Waals surface area contributed by atoms with Crippen LogP contribution in [0.5, 0.6) is 0 Å². The average Bonchev–Trinajstić information content (AvgIpc) is 3.16. The van der Waals surface area contributed by atoms with Crippen molar-refractivity contribution in [3.05, 3.63) is 76.9 Å². The SMILES string of the molecule is O=C(Nc1cccc(N2CCCC2=O)c1)c1cccnc1Sc1ccc(Br)cc1. The van der Waals surface area contributed by atoms with Crippen molar-refractivity contribution in [1.82, 2.24) is 4.98 Å². The summed E-state index contributed by atoms with van der Waals surface area (Å²) in [7, 11) is 0. The number of benzene rings is 2. The van der Waals surface area contributed by atoms with Crippen molar-refractivity contribution >= 4 is 50.9 Å². The lowest BCUT2D eigenvalue weighted by Gasteiger charge is -2.17. The molecule has 0 spiro atoms. The number of carbonyl (C=O) groups is 2. The van der Waals surface area contributed by atoms with Crippen LogP contribution in [0.3, 0.4) is 0 Å². The first-order chi connectivity index (χ1) is 14.1. The van der Waals surface area contributed by atoms with E-state index < -0.39 is 0 Å². The summed E-state index contributed by atoms with van der Waals surface area (Å²) in [4.78, 5) is 32.1. The Morgan fingerprint density at radius 1 is 1.10 bits per heavy atom. The third kappa shape index (κ3) is 4.68. The molecule has 0 bridgehead atoms. The zero-order chi connectivity index (χ0) is 20.2. The molecule has 1 saturated heterocycles. The van der Waals surface area contributed by atoms with Gasteiger partial charge in [-0.15, -0.1) is 0 Å². The number of nitrogens with one attached hydrogen (secondary N) is 1. The molecule has 2 aromatic carbocycles. The van der Waals surface area contributed by atoms with Gasteiger partial charge in [-0.05, 0) is 61.0 Å². The number of pyridine rings is 1. The quantitative estimate of drug-likeness (QED) is 0.547. The molecule has 2 amide bonds. The van der Waals surface area contributed by atoms with Crippen LogP contribution in [0, 0.1) is 0 Å². The molecule has 0 aliphatic carbocycles. The molecule has 1 fully saturated rings. The van der Waals surface area contributed by atoms with E-state index in [4.69, 9.17) is 0 Å². The number of anilines is 2. The van der Waals surface area contributed by atoms with Gasteiger partial charge in [0.25, 0.3) is 5.91 Å². The fourth-order valence-corrected chi connectivity index (χ4v) is 4.27. The average molecular weight is 468 g/mol. The van der Waals surface area contributed by atoms with Gasteiger partial charge in [0.15, 0.2) is 0 Å². The molecule has 5 nitrogen and oxygen atoms in total. The molecule has 146 valence electrons. The topological polar surface area (TPSA) is 62.3 Å². The van der Waals surface area contributed by atoms with Crippen molar-refractivity contribution in [2.45, 2.75) is 22.8 Å². The van der Waals surface area contributed by atoms with Crippen molar-refractivity contribution < 1.29 is 9.59 Å². The molecule has 1 aromatic heterocycles. The van der Waals surface area contributed by atoms with Crippen LogP contribution in [0.25, 0.3) is 0 Å². The molecule has 0 radical (unpaired) electrons. The van der Waals surface area contributed by atoms with Gasteiger partial charge in [0.1, 0.15) is 5.03 Å². The van der Waals surface area contributed by atoms with Gasteiger partial charge < -0.3 is 10.2 Å². The maximum Gasteiger partial charge on any atom is 0.258 e. The second-order valence-corrected chi connectivity index (χ2v) is 8.54. The first-order valence-corrected chi connectivity index (χ1v) is 10.8. The van der Waals surface area contributed by atoms with Gasteiger partial charge in [0.05, 0.1) is 5.56 Å². The lowest BCUT2D eigenvalue weighted by molar-refractivity contribution is -0.117. The molecule has 1 N–H and O–H groups in total. The summed E-state index contributed by atoms with van der Waals surface area (Å²) in [5.74, 6) is -0.114. The van der Waals surface area contributed by atoms with Gasteiger partial charge in [-0.3, -0.25) is 9.59 Å². The maximum atomic E-state index is 12.9. The number of amides is 2. The second-order valence-electron chi connectivity index (χ2n) is 6.57. The molecule has 0 saturated carbocycles. The van der Waals surface area contributed by atoms with Crippen molar-refractivity contribution in [1.29, 1.82) is 0 Å². The largest absolute Gasteiger partial charge is 0.322 e. The van der Waals surface area contributed by atoms with Gasteiger partial charge in [-0.2, -0.15) is 0 Å². The zero-order valence-electron chi connectivity index (χ0n) is 15.5. The fraction of sp³-hybridized carbons (Fsp3) is 0.136. The standard InChI is InChI=1S/C22H18BrN3O2S/c23-15-8-10-18(11-9-15)29-22-19(6-2-12-24-22)21(28)25-16-4-1-5-17(14-16)26-13-3-7-20(26)27/h1-2,4-6,8-12,14H,3,7,13H2,(H,25,28). The third-order valence-corrected chi connectivity index (χ3v) is 6.09. The van der Waals surface area contributed by atoms with E-state index in [0.29, 0.717) is 29.2 Å². The number of carbonyl (C=O) groups excluding carboxylic acids is 2. The van der Waals surface area contributed by atoms with Crippen molar-refractivity contribution in [2.75, 3.05) is 16.8 Å². The Morgan fingerprint density at radius 3 is 2.69 bits per heavy atom. The van der Waals surface area contributed by atoms with E-state index in [2.05, 4.69) is 26.2 Å². The van der Waals surface area contributed by atoms with E-state index in [1.165, 1.54) is 11.8 Å². The molecule has 1 aliphatic heterocycles. The molecular weight excluding hydrogens is 450 g/mol. The predicted molar refractivity (Wildman–Crippen MR) is 118 cm³/mol. The highest BCUT2D eigenvalue weighted by Crippen LogP contribution is 2.30. The summed E-state index contributed by atoms with van der Waals surface area (Å²) in [5, 5.41) is 3.57. The Hall–Kier alpha value is -2.64. The zero-order valence-corrected chi connectivity index (χ0v) is 17.9. The molecular formula is C22H18BrN3O2S. The van der Waals surface area contributed by atoms with Gasteiger partial charge in [0, 0.05) is 39.9 Å². The lowest BCUT2D eigenvalue weighted by atomic mass is 10.2. The van der Waals surface area contributed by atoms with E-state index in [1.807, 2.05) is 48.5 Å². The molecule has 3 aromatic rings. The first kappa shape index (κ1) is 19.7. The van der Waals surface area contributed by atoms with Gasteiger partial charge in [0.2, 0.25) is 5.91 Å². The third-order valence-electron chi connectivity index (χ3n) is 4.53. The van der Waals surface area contributed by atoms with Crippen LogP contribution < -0.4 is 10.2 Å².